The van der Waals surface area contributed by atoms with Crippen molar-refractivity contribution in [3.05, 3.63) is 70.5 Å². The summed E-state index contributed by atoms with van der Waals surface area (Å²) in [5, 5.41) is 0.288. The van der Waals surface area contributed by atoms with Crippen molar-refractivity contribution in [1.29, 1.82) is 0 Å². The van der Waals surface area contributed by atoms with Crippen LogP contribution < -0.4 is 0 Å². The van der Waals surface area contributed by atoms with Crippen LogP contribution in [0.1, 0.15) is 10.4 Å². The fourth-order valence-electron chi connectivity index (χ4n) is 1.88. The van der Waals surface area contributed by atoms with E-state index in [0.717, 1.165) is 17.0 Å². The van der Waals surface area contributed by atoms with Crippen molar-refractivity contribution >= 4 is 22.9 Å². The SMILES string of the molecule is Clc1nccc(-c2ccc(Cc3ccccc3)s2)n1. The van der Waals surface area contributed by atoms with Gasteiger partial charge in [0.2, 0.25) is 5.28 Å². The Morgan fingerprint density at radius 2 is 1.84 bits per heavy atom. The lowest BCUT2D eigenvalue weighted by atomic mass is 10.1. The summed E-state index contributed by atoms with van der Waals surface area (Å²) < 4.78 is 0. The summed E-state index contributed by atoms with van der Waals surface area (Å²) in [5.41, 5.74) is 2.20. The maximum atomic E-state index is 5.81. The van der Waals surface area contributed by atoms with Crippen LogP contribution in [0.3, 0.4) is 0 Å². The minimum atomic E-state index is 0.288. The fourth-order valence-corrected chi connectivity index (χ4v) is 3.04. The molecule has 2 aromatic heterocycles. The van der Waals surface area contributed by atoms with Crippen molar-refractivity contribution in [2.24, 2.45) is 0 Å². The molecule has 4 heteroatoms. The first-order valence-corrected chi connectivity index (χ1v) is 7.12. The van der Waals surface area contributed by atoms with Gasteiger partial charge in [-0.2, -0.15) is 0 Å². The molecule has 0 atom stereocenters. The molecule has 0 saturated heterocycles. The number of nitrogens with zero attached hydrogens (tertiary/aromatic N) is 2. The molecule has 0 N–H and O–H groups in total. The third-order valence-electron chi connectivity index (χ3n) is 2.76. The van der Waals surface area contributed by atoms with E-state index in [1.54, 1.807) is 17.5 Å². The molecule has 3 rings (SSSR count). The normalized spacial score (nSPS) is 10.6. The molecule has 19 heavy (non-hydrogen) atoms. The number of hydrogen-bond donors (Lipinski definition) is 0. The molecule has 0 bridgehead atoms. The Morgan fingerprint density at radius 1 is 1.00 bits per heavy atom. The lowest BCUT2D eigenvalue weighted by Gasteiger charge is -1.98. The number of hydrogen-bond acceptors (Lipinski definition) is 3. The second-order valence-corrected chi connectivity index (χ2v) is 5.65. The van der Waals surface area contributed by atoms with E-state index in [2.05, 4.69) is 46.4 Å². The first-order valence-electron chi connectivity index (χ1n) is 5.93. The summed E-state index contributed by atoms with van der Waals surface area (Å²) in [6, 6.07) is 16.5. The van der Waals surface area contributed by atoms with Gasteiger partial charge >= 0.3 is 0 Å². The summed E-state index contributed by atoms with van der Waals surface area (Å²) >= 11 is 7.55. The molecule has 0 aliphatic heterocycles. The van der Waals surface area contributed by atoms with Crippen LogP contribution in [0.25, 0.3) is 10.6 Å². The maximum absolute atomic E-state index is 5.81. The number of benzene rings is 1. The van der Waals surface area contributed by atoms with Gasteiger partial charge in [-0.1, -0.05) is 30.3 Å². The predicted octanol–water partition coefficient (Wildman–Crippen LogP) is 4.45. The van der Waals surface area contributed by atoms with Gasteiger partial charge in [0.1, 0.15) is 0 Å². The molecule has 0 fully saturated rings. The molecule has 0 amide bonds. The van der Waals surface area contributed by atoms with E-state index < -0.39 is 0 Å². The Kier molecular flexibility index (Phi) is 3.58. The highest BCUT2D eigenvalue weighted by molar-refractivity contribution is 7.15. The van der Waals surface area contributed by atoms with E-state index in [4.69, 9.17) is 11.6 Å². The lowest BCUT2D eigenvalue weighted by molar-refractivity contribution is 1.18. The Labute approximate surface area is 120 Å². The van der Waals surface area contributed by atoms with Crippen molar-refractivity contribution in [3.8, 4) is 10.6 Å². The van der Waals surface area contributed by atoms with E-state index in [1.807, 2.05) is 12.1 Å². The monoisotopic (exact) mass is 286 g/mol. The Hall–Kier alpha value is -1.71. The van der Waals surface area contributed by atoms with Gasteiger partial charge in [0.15, 0.2) is 0 Å². The average Bonchev–Trinajstić information content (AvgIpc) is 2.88. The molecule has 0 saturated carbocycles. The van der Waals surface area contributed by atoms with Gasteiger partial charge in [0.25, 0.3) is 0 Å². The zero-order valence-corrected chi connectivity index (χ0v) is 11.7. The molecule has 94 valence electrons. The van der Waals surface area contributed by atoms with Gasteiger partial charge in [-0.15, -0.1) is 11.3 Å². The van der Waals surface area contributed by atoms with Crippen molar-refractivity contribution in [3.63, 3.8) is 0 Å². The summed E-state index contributed by atoms with van der Waals surface area (Å²) in [4.78, 5) is 10.6. The molecule has 2 heterocycles. The van der Waals surface area contributed by atoms with Crippen LogP contribution in [0.4, 0.5) is 0 Å². The standard InChI is InChI=1S/C15H11ClN2S/c16-15-17-9-8-13(18-15)14-7-6-12(19-14)10-11-4-2-1-3-5-11/h1-9H,10H2. The van der Waals surface area contributed by atoms with Crippen molar-refractivity contribution in [2.75, 3.05) is 0 Å². The third-order valence-corrected chi connectivity index (χ3v) is 4.05. The van der Waals surface area contributed by atoms with Crippen molar-refractivity contribution in [1.82, 2.24) is 9.97 Å². The first-order chi connectivity index (χ1) is 9.31. The summed E-state index contributed by atoms with van der Waals surface area (Å²) in [7, 11) is 0. The third kappa shape index (κ3) is 3.00. The quantitative estimate of drug-likeness (QED) is 0.665. The van der Waals surface area contributed by atoms with Crippen LogP contribution in [0, 0.1) is 0 Å². The first kappa shape index (κ1) is 12.3. The Morgan fingerprint density at radius 3 is 2.63 bits per heavy atom. The second-order valence-electron chi connectivity index (χ2n) is 4.14. The molecule has 0 aliphatic rings. The predicted molar refractivity (Wildman–Crippen MR) is 79.6 cm³/mol. The summed E-state index contributed by atoms with van der Waals surface area (Å²) in [5.74, 6) is 0. The number of rotatable bonds is 3. The van der Waals surface area contributed by atoms with Crippen LogP contribution in [-0.4, -0.2) is 9.97 Å². The molecular formula is C15H11ClN2S. The van der Waals surface area contributed by atoms with Gasteiger partial charge in [-0.25, -0.2) is 9.97 Å². The van der Waals surface area contributed by atoms with E-state index in [9.17, 15) is 0 Å². The maximum Gasteiger partial charge on any atom is 0.222 e. The van der Waals surface area contributed by atoms with Crippen LogP contribution in [0.15, 0.2) is 54.7 Å². The second kappa shape index (κ2) is 5.51. The average molecular weight is 287 g/mol. The van der Waals surface area contributed by atoms with Gasteiger partial charge < -0.3 is 0 Å². The van der Waals surface area contributed by atoms with E-state index >= 15 is 0 Å². The van der Waals surface area contributed by atoms with Crippen molar-refractivity contribution < 1.29 is 0 Å². The Bertz CT molecular complexity index is 679. The number of aromatic nitrogens is 2. The summed E-state index contributed by atoms with van der Waals surface area (Å²) in [6.07, 6.45) is 2.63. The number of thiophene rings is 1. The lowest BCUT2D eigenvalue weighted by Crippen LogP contribution is -1.83. The van der Waals surface area contributed by atoms with Crippen LogP contribution >= 0.6 is 22.9 Å². The van der Waals surface area contributed by atoms with Gasteiger partial charge in [-0.3, -0.25) is 0 Å². The highest BCUT2D eigenvalue weighted by Gasteiger charge is 2.05. The zero-order valence-electron chi connectivity index (χ0n) is 10.1. The molecule has 2 nitrogen and oxygen atoms in total. The minimum Gasteiger partial charge on any atom is -0.226 e. The largest absolute Gasteiger partial charge is 0.226 e. The molecular weight excluding hydrogens is 276 g/mol. The number of halogens is 1. The van der Waals surface area contributed by atoms with Gasteiger partial charge in [-0.05, 0) is 35.4 Å². The van der Waals surface area contributed by atoms with Crippen molar-refractivity contribution in [2.45, 2.75) is 6.42 Å². The topological polar surface area (TPSA) is 25.8 Å². The molecule has 0 radical (unpaired) electrons. The summed E-state index contributed by atoms with van der Waals surface area (Å²) in [6.45, 7) is 0. The van der Waals surface area contributed by atoms with Crippen LogP contribution in [-0.2, 0) is 6.42 Å². The van der Waals surface area contributed by atoms with Crippen LogP contribution in [0.5, 0.6) is 0 Å². The van der Waals surface area contributed by atoms with Crippen LogP contribution in [0.2, 0.25) is 5.28 Å². The molecule has 1 aromatic carbocycles. The van der Waals surface area contributed by atoms with Gasteiger partial charge in [0.05, 0.1) is 10.6 Å². The highest BCUT2D eigenvalue weighted by Crippen LogP contribution is 2.28. The highest BCUT2D eigenvalue weighted by atomic mass is 35.5. The molecule has 3 aromatic rings. The smallest absolute Gasteiger partial charge is 0.222 e. The molecule has 0 spiro atoms. The fraction of sp³-hybridized carbons (Fsp3) is 0.0667. The molecule has 0 unspecified atom stereocenters. The Balaban J connectivity index is 1.84. The zero-order chi connectivity index (χ0) is 13.1. The van der Waals surface area contributed by atoms with E-state index in [0.29, 0.717) is 0 Å². The van der Waals surface area contributed by atoms with Gasteiger partial charge in [0, 0.05) is 17.5 Å². The van der Waals surface area contributed by atoms with E-state index in [-0.39, 0.29) is 5.28 Å². The molecule has 0 aliphatic carbocycles. The minimum absolute atomic E-state index is 0.288. The van der Waals surface area contributed by atoms with E-state index in [1.165, 1.54) is 10.4 Å².